The largest absolute Gasteiger partial charge is 0.375 e. The number of nitrogens with one attached hydrogen (secondary N) is 2. The van der Waals surface area contributed by atoms with Crippen LogP contribution in [0.3, 0.4) is 0 Å². The molecule has 2 aromatic carbocycles. The molecule has 0 saturated carbocycles. The fraction of sp³-hybridized carbons (Fsp3) is 0.0667. The minimum Gasteiger partial charge on any atom is -0.375 e. The summed E-state index contributed by atoms with van der Waals surface area (Å²) >= 11 is 5.96. The Morgan fingerprint density at radius 1 is 1.29 bits per heavy atom. The second-order valence-electron chi connectivity index (χ2n) is 4.22. The third-order valence-electron chi connectivity index (χ3n) is 2.64. The van der Waals surface area contributed by atoms with Crippen molar-refractivity contribution < 1.29 is 9.18 Å². The summed E-state index contributed by atoms with van der Waals surface area (Å²) in [7, 11) is 0. The normalized spacial score (nSPS) is 9.76. The van der Waals surface area contributed by atoms with Crippen molar-refractivity contribution in [2.24, 2.45) is 0 Å². The molecule has 106 valence electrons. The first kappa shape index (κ1) is 14.8. The van der Waals surface area contributed by atoms with Gasteiger partial charge in [-0.2, -0.15) is 5.26 Å². The van der Waals surface area contributed by atoms with Crippen molar-refractivity contribution in [1.82, 2.24) is 0 Å². The standard InChI is InChI=1S/C15H11ClFN3O/c16-13-5-4-10(8-18)6-14(13)19-9-15(21)20-12-3-1-2-11(17)7-12/h1-7,19H,9H2,(H,20,21). The van der Waals surface area contributed by atoms with Gasteiger partial charge in [0.1, 0.15) is 5.82 Å². The molecular formula is C15H11ClFN3O. The third-order valence-corrected chi connectivity index (χ3v) is 2.97. The number of rotatable bonds is 4. The van der Waals surface area contributed by atoms with Crippen LogP contribution in [0.1, 0.15) is 5.56 Å². The van der Waals surface area contributed by atoms with Crippen LogP contribution in [0.4, 0.5) is 15.8 Å². The third kappa shape index (κ3) is 4.20. The molecule has 0 aromatic heterocycles. The number of carbonyl (C=O) groups is 1. The Morgan fingerprint density at radius 3 is 2.81 bits per heavy atom. The van der Waals surface area contributed by atoms with E-state index < -0.39 is 5.82 Å². The molecule has 2 aromatic rings. The van der Waals surface area contributed by atoms with Crippen molar-refractivity contribution in [3.05, 3.63) is 58.9 Å². The zero-order chi connectivity index (χ0) is 15.2. The maximum absolute atomic E-state index is 13.0. The first-order chi connectivity index (χ1) is 10.1. The molecule has 0 aliphatic rings. The van der Waals surface area contributed by atoms with E-state index >= 15 is 0 Å². The first-order valence-electron chi connectivity index (χ1n) is 6.07. The first-order valence-corrected chi connectivity index (χ1v) is 6.45. The van der Waals surface area contributed by atoms with E-state index in [4.69, 9.17) is 16.9 Å². The molecule has 0 saturated heterocycles. The summed E-state index contributed by atoms with van der Waals surface area (Å²) in [6.07, 6.45) is 0. The van der Waals surface area contributed by atoms with Gasteiger partial charge in [0.25, 0.3) is 0 Å². The monoisotopic (exact) mass is 303 g/mol. The lowest BCUT2D eigenvalue weighted by molar-refractivity contribution is -0.114. The summed E-state index contributed by atoms with van der Waals surface area (Å²) in [6.45, 7) is -0.0505. The zero-order valence-electron chi connectivity index (χ0n) is 10.9. The quantitative estimate of drug-likeness (QED) is 0.910. The Labute approximate surface area is 126 Å². The van der Waals surface area contributed by atoms with Gasteiger partial charge in [0.2, 0.25) is 5.91 Å². The molecule has 0 bridgehead atoms. The van der Waals surface area contributed by atoms with Crippen LogP contribution < -0.4 is 10.6 Å². The van der Waals surface area contributed by atoms with Crippen molar-refractivity contribution in [2.75, 3.05) is 17.2 Å². The fourth-order valence-electron chi connectivity index (χ4n) is 1.68. The Hall–Kier alpha value is -2.58. The van der Waals surface area contributed by atoms with Crippen LogP contribution in [-0.4, -0.2) is 12.5 Å². The Balaban J connectivity index is 1.97. The summed E-state index contributed by atoms with van der Waals surface area (Å²) in [5.74, 6) is -0.774. The Kier molecular flexibility index (Phi) is 4.75. The van der Waals surface area contributed by atoms with Crippen molar-refractivity contribution in [3.63, 3.8) is 0 Å². The average Bonchev–Trinajstić information content (AvgIpc) is 2.46. The highest BCUT2D eigenvalue weighted by molar-refractivity contribution is 6.33. The molecule has 0 aliphatic carbocycles. The van der Waals surface area contributed by atoms with E-state index in [9.17, 15) is 9.18 Å². The molecular weight excluding hydrogens is 293 g/mol. The molecule has 2 rings (SSSR count). The van der Waals surface area contributed by atoms with Gasteiger partial charge in [0.15, 0.2) is 0 Å². The van der Waals surface area contributed by atoms with Gasteiger partial charge in [-0.25, -0.2) is 4.39 Å². The maximum atomic E-state index is 13.0. The molecule has 0 fully saturated rings. The molecule has 4 nitrogen and oxygen atoms in total. The molecule has 0 spiro atoms. The smallest absolute Gasteiger partial charge is 0.243 e. The summed E-state index contributed by atoms with van der Waals surface area (Å²) in [6, 6.07) is 12.3. The maximum Gasteiger partial charge on any atom is 0.243 e. The van der Waals surface area contributed by atoms with Crippen LogP contribution in [-0.2, 0) is 4.79 Å². The van der Waals surface area contributed by atoms with E-state index in [0.717, 1.165) is 0 Å². The molecule has 2 N–H and O–H groups in total. The highest BCUT2D eigenvalue weighted by Crippen LogP contribution is 2.22. The topological polar surface area (TPSA) is 64.9 Å². The molecule has 0 aliphatic heterocycles. The van der Waals surface area contributed by atoms with Gasteiger partial charge >= 0.3 is 0 Å². The number of hydrogen-bond acceptors (Lipinski definition) is 3. The van der Waals surface area contributed by atoms with Crippen LogP contribution in [0.25, 0.3) is 0 Å². The van der Waals surface area contributed by atoms with Gasteiger partial charge in [-0.1, -0.05) is 17.7 Å². The lowest BCUT2D eigenvalue weighted by Crippen LogP contribution is -2.21. The molecule has 21 heavy (non-hydrogen) atoms. The van der Waals surface area contributed by atoms with Crippen molar-refractivity contribution in [3.8, 4) is 6.07 Å². The number of amides is 1. The van der Waals surface area contributed by atoms with E-state index in [1.807, 2.05) is 6.07 Å². The average molecular weight is 304 g/mol. The van der Waals surface area contributed by atoms with Crippen molar-refractivity contribution >= 4 is 28.9 Å². The lowest BCUT2D eigenvalue weighted by Gasteiger charge is -2.09. The van der Waals surface area contributed by atoms with Crippen molar-refractivity contribution in [1.29, 1.82) is 5.26 Å². The number of nitriles is 1. The lowest BCUT2D eigenvalue weighted by atomic mass is 10.2. The molecule has 0 radical (unpaired) electrons. The zero-order valence-corrected chi connectivity index (χ0v) is 11.6. The predicted octanol–water partition coefficient (Wildman–Crippen LogP) is 3.40. The summed E-state index contributed by atoms with van der Waals surface area (Å²) in [5.41, 5.74) is 1.30. The molecule has 0 atom stereocenters. The van der Waals surface area contributed by atoms with Crippen molar-refractivity contribution in [2.45, 2.75) is 0 Å². The minimum atomic E-state index is -0.425. The van der Waals surface area contributed by atoms with E-state index in [0.29, 0.717) is 22.0 Å². The van der Waals surface area contributed by atoms with Crippen LogP contribution in [0.5, 0.6) is 0 Å². The number of nitrogens with zero attached hydrogens (tertiary/aromatic N) is 1. The number of carbonyl (C=O) groups excluding carboxylic acids is 1. The number of hydrogen-bond donors (Lipinski definition) is 2. The van der Waals surface area contributed by atoms with Gasteiger partial charge < -0.3 is 10.6 Å². The highest BCUT2D eigenvalue weighted by atomic mass is 35.5. The van der Waals surface area contributed by atoms with Crippen LogP contribution >= 0.6 is 11.6 Å². The van der Waals surface area contributed by atoms with E-state index in [2.05, 4.69) is 10.6 Å². The Morgan fingerprint density at radius 2 is 2.10 bits per heavy atom. The van der Waals surface area contributed by atoms with Crippen LogP contribution in [0, 0.1) is 17.1 Å². The Bertz CT molecular complexity index is 712. The van der Waals surface area contributed by atoms with E-state index in [-0.39, 0.29) is 12.5 Å². The van der Waals surface area contributed by atoms with Gasteiger partial charge in [0.05, 0.1) is 28.9 Å². The molecule has 0 unspecified atom stereocenters. The second kappa shape index (κ2) is 6.73. The van der Waals surface area contributed by atoms with Crippen LogP contribution in [0.2, 0.25) is 5.02 Å². The number of benzene rings is 2. The molecule has 0 heterocycles. The summed E-state index contributed by atoms with van der Waals surface area (Å²) in [4.78, 5) is 11.8. The van der Waals surface area contributed by atoms with E-state index in [1.54, 1.807) is 24.3 Å². The second-order valence-corrected chi connectivity index (χ2v) is 4.63. The highest BCUT2D eigenvalue weighted by Gasteiger charge is 2.06. The number of anilines is 2. The van der Waals surface area contributed by atoms with Crippen LogP contribution in [0.15, 0.2) is 42.5 Å². The predicted molar refractivity (Wildman–Crippen MR) is 79.7 cm³/mol. The van der Waals surface area contributed by atoms with Gasteiger partial charge in [-0.15, -0.1) is 0 Å². The fourth-order valence-corrected chi connectivity index (χ4v) is 1.86. The summed E-state index contributed by atoms with van der Waals surface area (Å²) in [5, 5.41) is 14.6. The summed E-state index contributed by atoms with van der Waals surface area (Å²) < 4.78 is 13.0. The van der Waals surface area contributed by atoms with E-state index in [1.165, 1.54) is 18.2 Å². The molecule has 1 amide bonds. The SMILES string of the molecule is N#Cc1ccc(Cl)c(NCC(=O)Nc2cccc(F)c2)c1. The minimum absolute atomic E-state index is 0.0505. The number of halogens is 2. The van der Waals surface area contributed by atoms with Gasteiger partial charge in [0, 0.05) is 5.69 Å². The molecule has 6 heteroatoms. The van der Waals surface area contributed by atoms with Gasteiger partial charge in [-0.3, -0.25) is 4.79 Å². The van der Waals surface area contributed by atoms with Gasteiger partial charge in [-0.05, 0) is 36.4 Å².